The summed E-state index contributed by atoms with van der Waals surface area (Å²) in [7, 11) is -3.84. The second-order valence-corrected chi connectivity index (χ2v) is 9.58. The minimum atomic E-state index is -3.84. The van der Waals surface area contributed by atoms with Gasteiger partial charge in [0.25, 0.3) is 0 Å². The third-order valence-electron chi connectivity index (χ3n) is 4.75. The lowest BCUT2D eigenvalue weighted by Gasteiger charge is -2.46. The zero-order valence-corrected chi connectivity index (χ0v) is 15.8. The summed E-state index contributed by atoms with van der Waals surface area (Å²) in [6, 6.07) is 13.7. The van der Waals surface area contributed by atoms with Gasteiger partial charge in [-0.1, -0.05) is 34.1 Å². The van der Waals surface area contributed by atoms with Gasteiger partial charge in [-0.25, -0.2) is 8.42 Å². The van der Waals surface area contributed by atoms with Gasteiger partial charge >= 0.3 is 0 Å². The zero-order valence-electron chi connectivity index (χ0n) is 13.4. The lowest BCUT2D eigenvalue weighted by Crippen LogP contribution is -2.63. The maximum Gasteiger partial charge on any atom is 0.242 e. The van der Waals surface area contributed by atoms with Gasteiger partial charge in [0.15, 0.2) is 20.8 Å². The van der Waals surface area contributed by atoms with Crippen LogP contribution in [0.5, 0.6) is 5.75 Å². The predicted octanol–water partition coefficient (Wildman–Crippen LogP) is 3.00. The number of carbonyl (C=O) groups excluding carboxylic acids is 1. The van der Waals surface area contributed by atoms with Crippen LogP contribution >= 0.6 is 15.9 Å². The summed E-state index contributed by atoms with van der Waals surface area (Å²) in [6.45, 7) is 1.77. The van der Waals surface area contributed by atoms with Crippen molar-refractivity contribution in [2.45, 2.75) is 35.1 Å². The normalized spacial score (nSPS) is 27.8. The molecule has 7 heteroatoms. The third-order valence-corrected chi connectivity index (χ3v) is 7.42. The number of carbonyl (C=O) groups is 1. The smallest absolute Gasteiger partial charge is 0.242 e. The van der Waals surface area contributed by atoms with E-state index in [-0.39, 0.29) is 4.90 Å². The van der Waals surface area contributed by atoms with Crippen molar-refractivity contribution >= 4 is 31.7 Å². The Labute approximate surface area is 154 Å². The van der Waals surface area contributed by atoms with Crippen LogP contribution < -0.4 is 10.1 Å². The molecule has 2 heterocycles. The number of nitrogens with one attached hydrogen (secondary N) is 1. The number of rotatable bonds is 2. The van der Waals surface area contributed by atoms with Gasteiger partial charge in [0, 0.05) is 16.8 Å². The van der Waals surface area contributed by atoms with Crippen LogP contribution in [-0.4, -0.2) is 25.3 Å². The van der Waals surface area contributed by atoms with E-state index in [1.165, 1.54) is 12.1 Å². The number of hydrogen-bond donors (Lipinski definition) is 1. The molecule has 0 radical (unpaired) electrons. The van der Waals surface area contributed by atoms with Crippen LogP contribution in [0, 0.1) is 0 Å². The van der Waals surface area contributed by atoms with Crippen molar-refractivity contribution in [1.82, 2.24) is 5.32 Å². The molecule has 0 spiro atoms. The lowest BCUT2D eigenvalue weighted by molar-refractivity contribution is -0.132. The molecule has 3 unspecified atom stereocenters. The average Bonchev–Trinajstić information content (AvgIpc) is 2.54. The summed E-state index contributed by atoms with van der Waals surface area (Å²) in [5.41, 5.74) is -0.123. The summed E-state index contributed by atoms with van der Waals surface area (Å²) >= 11 is 3.30. The maximum absolute atomic E-state index is 13.2. The highest BCUT2D eigenvalue weighted by Crippen LogP contribution is 2.46. The maximum atomic E-state index is 13.2. The van der Waals surface area contributed by atoms with Crippen LogP contribution in [0.1, 0.15) is 24.8 Å². The monoisotopic (exact) mass is 421 g/mol. The average molecular weight is 422 g/mol. The number of ether oxygens (including phenoxy) is 1. The minimum absolute atomic E-state index is 0.142. The van der Waals surface area contributed by atoms with Gasteiger partial charge in [-0.2, -0.15) is 0 Å². The van der Waals surface area contributed by atoms with Gasteiger partial charge in [-0.05, 0) is 42.8 Å². The highest BCUT2D eigenvalue weighted by Gasteiger charge is 2.53. The van der Waals surface area contributed by atoms with Gasteiger partial charge in [0.1, 0.15) is 5.75 Å². The Hall–Kier alpha value is -1.86. The Kier molecular flexibility index (Phi) is 3.70. The molecule has 5 nitrogen and oxygen atoms in total. The van der Waals surface area contributed by atoms with Crippen LogP contribution in [-0.2, 0) is 14.6 Å². The number of benzene rings is 2. The molecule has 2 aromatic rings. The SMILES string of the molecule is CC12CC(c3ccccc3O1)C(S(=O)(=O)c1ccc(Br)cc1)C(=O)N2. The van der Waals surface area contributed by atoms with Crippen molar-refractivity contribution in [3.05, 3.63) is 58.6 Å². The molecule has 4 rings (SSSR count). The molecule has 1 saturated heterocycles. The van der Waals surface area contributed by atoms with Crippen molar-refractivity contribution in [3.8, 4) is 5.75 Å². The molecule has 0 saturated carbocycles. The number of sulfone groups is 1. The van der Waals surface area contributed by atoms with E-state index < -0.39 is 32.6 Å². The Morgan fingerprint density at radius 1 is 1.16 bits per heavy atom. The summed E-state index contributed by atoms with van der Waals surface area (Å²) < 4.78 is 33.1. The second kappa shape index (κ2) is 5.57. The van der Waals surface area contributed by atoms with Gasteiger partial charge in [-0.15, -0.1) is 0 Å². The number of para-hydroxylation sites is 1. The molecule has 2 aromatic carbocycles. The quantitative estimate of drug-likeness (QED) is 0.808. The molecule has 1 N–H and O–H groups in total. The van der Waals surface area contributed by atoms with Crippen molar-refractivity contribution in [3.63, 3.8) is 0 Å². The first-order valence-electron chi connectivity index (χ1n) is 7.90. The van der Waals surface area contributed by atoms with E-state index >= 15 is 0 Å². The highest BCUT2D eigenvalue weighted by molar-refractivity contribution is 9.10. The molecule has 130 valence electrons. The molecule has 25 heavy (non-hydrogen) atoms. The Balaban J connectivity index is 1.85. The van der Waals surface area contributed by atoms with Gasteiger partial charge in [-0.3, -0.25) is 4.79 Å². The fraction of sp³-hybridized carbons (Fsp3) is 0.278. The van der Waals surface area contributed by atoms with E-state index in [9.17, 15) is 13.2 Å². The van der Waals surface area contributed by atoms with Crippen LogP contribution in [0.15, 0.2) is 57.9 Å². The van der Waals surface area contributed by atoms with Crippen molar-refractivity contribution < 1.29 is 17.9 Å². The van der Waals surface area contributed by atoms with E-state index in [1.54, 1.807) is 25.1 Å². The number of piperidine rings is 1. The fourth-order valence-corrected chi connectivity index (χ4v) is 5.77. The van der Waals surface area contributed by atoms with Crippen LogP contribution in [0.2, 0.25) is 0 Å². The largest absolute Gasteiger partial charge is 0.468 e. The topological polar surface area (TPSA) is 72.5 Å². The molecule has 3 atom stereocenters. The standard InChI is InChI=1S/C18H16BrNO4S/c1-18-10-14(13-4-2-3-5-15(13)24-18)16(17(21)20-18)25(22,23)12-8-6-11(19)7-9-12/h2-9,14,16H,10H2,1H3,(H,20,21). The zero-order chi connectivity index (χ0) is 17.8. The Morgan fingerprint density at radius 3 is 2.56 bits per heavy atom. The van der Waals surface area contributed by atoms with Crippen molar-refractivity contribution in [2.24, 2.45) is 0 Å². The summed E-state index contributed by atoms with van der Waals surface area (Å²) in [5.74, 6) is -0.342. The van der Waals surface area contributed by atoms with Crippen LogP contribution in [0.3, 0.4) is 0 Å². The highest BCUT2D eigenvalue weighted by atomic mass is 79.9. The van der Waals surface area contributed by atoms with E-state index in [4.69, 9.17) is 4.74 Å². The number of amides is 1. The van der Waals surface area contributed by atoms with Crippen LogP contribution in [0.4, 0.5) is 0 Å². The molecule has 2 aliphatic heterocycles. The van der Waals surface area contributed by atoms with E-state index in [0.717, 1.165) is 10.0 Å². The Morgan fingerprint density at radius 2 is 1.84 bits per heavy atom. The van der Waals surface area contributed by atoms with Crippen molar-refractivity contribution in [2.75, 3.05) is 0 Å². The molecule has 0 aliphatic carbocycles. The van der Waals surface area contributed by atoms with Crippen molar-refractivity contribution in [1.29, 1.82) is 0 Å². The lowest BCUT2D eigenvalue weighted by atomic mass is 9.81. The van der Waals surface area contributed by atoms with Gasteiger partial charge in [0.2, 0.25) is 5.91 Å². The Bertz CT molecular complexity index is 957. The first kappa shape index (κ1) is 16.6. The molecular formula is C18H16BrNO4S. The molecule has 1 fully saturated rings. The summed E-state index contributed by atoms with van der Waals surface area (Å²) in [4.78, 5) is 12.9. The molecule has 1 amide bonds. The summed E-state index contributed by atoms with van der Waals surface area (Å²) in [5, 5.41) is 1.58. The molecular weight excluding hydrogens is 406 g/mol. The van der Waals surface area contributed by atoms with Crippen LogP contribution in [0.25, 0.3) is 0 Å². The van der Waals surface area contributed by atoms with Gasteiger partial charge < -0.3 is 10.1 Å². The number of fused-ring (bicyclic) bond motifs is 4. The first-order chi connectivity index (χ1) is 11.8. The second-order valence-electron chi connectivity index (χ2n) is 6.59. The fourth-order valence-electron chi connectivity index (χ4n) is 3.68. The predicted molar refractivity (Wildman–Crippen MR) is 96.1 cm³/mol. The number of halogens is 1. The molecule has 2 bridgehead atoms. The van der Waals surface area contributed by atoms with E-state index in [0.29, 0.717) is 12.2 Å². The molecule has 2 aliphatic rings. The van der Waals surface area contributed by atoms with E-state index in [1.807, 2.05) is 18.2 Å². The van der Waals surface area contributed by atoms with E-state index in [2.05, 4.69) is 21.2 Å². The first-order valence-corrected chi connectivity index (χ1v) is 10.2. The van der Waals surface area contributed by atoms with Gasteiger partial charge in [0.05, 0.1) is 4.90 Å². The third kappa shape index (κ3) is 2.66. The molecule has 0 aromatic heterocycles. The minimum Gasteiger partial charge on any atom is -0.468 e. The summed E-state index contributed by atoms with van der Waals surface area (Å²) in [6.07, 6.45) is 0.413. The number of hydrogen-bond acceptors (Lipinski definition) is 4.